The number of carbonyl (C=O) groups excluding carboxylic acids is 1. The first-order valence-corrected chi connectivity index (χ1v) is 8.48. The quantitative estimate of drug-likeness (QED) is 0.849. The van der Waals surface area contributed by atoms with E-state index in [0.717, 1.165) is 12.1 Å². The van der Waals surface area contributed by atoms with E-state index in [0.29, 0.717) is 36.7 Å². The second-order valence-corrected chi connectivity index (χ2v) is 7.30. The molecule has 0 radical (unpaired) electrons. The van der Waals surface area contributed by atoms with Crippen LogP contribution in [0.25, 0.3) is 0 Å². The summed E-state index contributed by atoms with van der Waals surface area (Å²) < 4.78 is 19.7. The monoisotopic (exact) mass is 382 g/mol. The van der Waals surface area contributed by atoms with Gasteiger partial charge in [0, 0.05) is 24.8 Å². The van der Waals surface area contributed by atoms with Gasteiger partial charge in [0.25, 0.3) is 0 Å². The Morgan fingerprint density at radius 2 is 2.15 bits per heavy atom. The summed E-state index contributed by atoms with van der Waals surface area (Å²) >= 11 is 0. The Bertz CT molecular complexity index is 786. The molecule has 0 fully saturated rings. The zero-order valence-electron chi connectivity index (χ0n) is 15.2. The molecule has 0 bridgehead atoms. The molecular formula is C18H24ClFN4O2. The van der Waals surface area contributed by atoms with Gasteiger partial charge in [-0.3, -0.25) is 4.79 Å². The lowest BCUT2D eigenvalue weighted by molar-refractivity contribution is -0.116. The van der Waals surface area contributed by atoms with Gasteiger partial charge < -0.3 is 15.2 Å². The first-order valence-electron chi connectivity index (χ1n) is 8.48. The van der Waals surface area contributed by atoms with E-state index in [1.165, 1.54) is 0 Å². The average Bonchev–Trinajstić information content (AvgIpc) is 3.05. The van der Waals surface area contributed by atoms with Gasteiger partial charge in [-0.15, -0.1) is 12.4 Å². The summed E-state index contributed by atoms with van der Waals surface area (Å²) in [6.07, 6.45) is 1.11. The van der Waals surface area contributed by atoms with Crippen LogP contribution in [0.1, 0.15) is 50.0 Å². The minimum absolute atomic E-state index is 0. The predicted molar refractivity (Wildman–Crippen MR) is 99.0 cm³/mol. The molecule has 1 aliphatic rings. The summed E-state index contributed by atoms with van der Waals surface area (Å²) in [6.45, 7) is 7.37. The number of benzene rings is 1. The number of nitrogens with one attached hydrogen (secondary N) is 2. The number of nitrogens with zero attached hydrogens (tertiary/aromatic N) is 2. The van der Waals surface area contributed by atoms with Gasteiger partial charge in [-0.2, -0.15) is 4.98 Å². The largest absolute Gasteiger partial charge is 0.339 e. The number of carbonyl (C=O) groups is 1. The predicted octanol–water partition coefficient (Wildman–Crippen LogP) is 3.15. The van der Waals surface area contributed by atoms with Crippen molar-refractivity contribution >= 4 is 24.0 Å². The summed E-state index contributed by atoms with van der Waals surface area (Å²) in [6, 6.07) is 3.47. The number of fused-ring (bicyclic) bond motifs is 1. The molecule has 1 aromatic heterocycles. The standard InChI is InChI=1S/C18H23FN4O2.ClH/c1-18(2,3)17-22-15(25-23-17)7-6-14(24)21-13-5-4-11-10-20-9-8-12(11)16(13)19;/h4-5,20H,6-10H2,1-3H3,(H,21,24);1H. The molecular weight excluding hydrogens is 359 g/mol. The van der Waals surface area contributed by atoms with Crippen molar-refractivity contribution < 1.29 is 13.7 Å². The number of halogens is 2. The van der Waals surface area contributed by atoms with E-state index in [4.69, 9.17) is 4.52 Å². The van der Waals surface area contributed by atoms with Gasteiger partial charge >= 0.3 is 0 Å². The van der Waals surface area contributed by atoms with Crippen LogP contribution in [0, 0.1) is 5.82 Å². The molecule has 3 rings (SSSR count). The second kappa shape index (κ2) is 8.14. The molecule has 1 aromatic carbocycles. The van der Waals surface area contributed by atoms with Gasteiger partial charge in [-0.05, 0) is 30.2 Å². The fraction of sp³-hybridized carbons (Fsp3) is 0.500. The highest BCUT2D eigenvalue weighted by molar-refractivity contribution is 5.91. The van der Waals surface area contributed by atoms with Crippen molar-refractivity contribution in [3.8, 4) is 0 Å². The SMILES string of the molecule is CC(C)(C)c1noc(CCC(=O)Nc2ccc3c(c2F)CCNC3)n1.Cl. The second-order valence-electron chi connectivity index (χ2n) is 7.30. The van der Waals surface area contributed by atoms with Crippen molar-refractivity contribution in [2.75, 3.05) is 11.9 Å². The Morgan fingerprint density at radius 3 is 2.85 bits per heavy atom. The maximum absolute atomic E-state index is 14.5. The van der Waals surface area contributed by atoms with E-state index in [-0.39, 0.29) is 41.7 Å². The zero-order chi connectivity index (χ0) is 18.0. The van der Waals surface area contributed by atoms with Crippen LogP contribution < -0.4 is 10.6 Å². The molecule has 2 N–H and O–H groups in total. The number of hydrogen-bond acceptors (Lipinski definition) is 5. The zero-order valence-corrected chi connectivity index (χ0v) is 16.0. The molecule has 6 nitrogen and oxygen atoms in total. The maximum Gasteiger partial charge on any atom is 0.227 e. The van der Waals surface area contributed by atoms with Crippen molar-refractivity contribution in [3.05, 3.63) is 40.8 Å². The molecule has 0 saturated carbocycles. The smallest absolute Gasteiger partial charge is 0.227 e. The van der Waals surface area contributed by atoms with Crippen LogP contribution in [-0.2, 0) is 29.6 Å². The fourth-order valence-electron chi connectivity index (χ4n) is 2.72. The summed E-state index contributed by atoms with van der Waals surface area (Å²) in [7, 11) is 0. The number of aromatic nitrogens is 2. The molecule has 8 heteroatoms. The van der Waals surface area contributed by atoms with Crippen LogP contribution in [0.15, 0.2) is 16.7 Å². The Balaban J connectivity index is 0.00000243. The van der Waals surface area contributed by atoms with E-state index in [1.807, 2.05) is 26.8 Å². The molecule has 0 unspecified atom stereocenters. The number of amides is 1. The van der Waals surface area contributed by atoms with Gasteiger partial charge in [0.05, 0.1) is 5.69 Å². The molecule has 0 aliphatic carbocycles. The van der Waals surface area contributed by atoms with Crippen LogP contribution in [0.3, 0.4) is 0 Å². The highest BCUT2D eigenvalue weighted by Crippen LogP contribution is 2.25. The molecule has 0 spiro atoms. The fourth-order valence-corrected chi connectivity index (χ4v) is 2.72. The van der Waals surface area contributed by atoms with Gasteiger partial charge in [0.2, 0.25) is 11.8 Å². The molecule has 0 saturated heterocycles. The van der Waals surface area contributed by atoms with Crippen LogP contribution >= 0.6 is 12.4 Å². The number of hydrogen-bond donors (Lipinski definition) is 2. The van der Waals surface area contributed by atoms with Crippen molar-refractivity contribution in [1.82, 2.24) is 15.5 Å². The van der Waals surface area contributed by atoms with Gasteiger partial charge in [0.1, 0.15) is 5.82 Å². The Kier molecular flexibility index (Phi) is 6.36. The van der Waals surface area contributed by atoms with Crippen LogP contribution in [0.2, 0.25) is 0 Å². The summed E-state index contributed by atoms with van der Waals surface area (Å²) in [5.74, 6) is 0.415. The van der Waals surface area contributed by atoms with Gasteiger partial charge in [-0.1, -0.05) is 32.0 Å². The van der Waals surface area contributed by atoms with Crippen molar-refractivity contribution in [1.29, 1.82) is 0 Å². The Labute approximate surface area is 158 Å². The molecule has 142 valence electrons. The first-order chi connectivity index (χ1) is 11.8. The Morgan fingerprint density at radius 1 is 1.38 bits per heavy atom. The van der Waals surface area contributed by atoms with Gasteiger partial charge in [-0.25, -0.2) is 4.39 Å². The highest BCUT2D eigenvalue weighted by atomic mass is 35.5. The number of rotatable bonds is 4. The third-order valence-electron chi connectivity index (χ3n) is 4.19. The van der Waals surface area contributed by atoms with Crippen LogP contribution in [0.4, 0.5) is 10.1 Å². The molecule has 2 heterocycles. The van der Waals surface area contributed by atoms with E-state index in [9.17, 15) is 9.18 Å². The Hall–Kier alpha value is -1.99. The molecule has 26 heavy (non-hydrogen) atoms. The first kappa shape index (κ1) is 20.3. The lowest BCUT2D eigenvalue weighted by Crippen LogP contribution is -2.25. The average molecular weight is 383 g/mol. The van der Waals surface area contributed by atoms with Crippen molar-refractivity contribution in [2.45, 2.75) is 52.0 Å². The maximum atomic E-state index is 14.5. The van der Waals surface area contributed by atoms with E-state index >= 15 is 0 Å². The third-order valence-corrected chi connectivity index (χ3v) is 4.19. The third kappa shape index (κ3) is 4.59. The van der Waals surface area contributed by atoms with Crippen LogP contribution in [-0.4, -0.2) is 22.6 Å². The topological polar surface area (TPSA) is 80.0 Å². The normalized spacial score (nSPS) is 13.7. The van der Waals surface area contributed by atoms with Crippen molar-refractivity contribution in [3.63, 3.8) is 0 Å². The summed E-state index contributed by atoms with van der Waals surface area (Å²) in [5, 5.41) is 9.77. The summed E-state index contributed by atoms with van der Waals surface area (Å²) in [4.78, 5) is 16.4. The number of aryl methyl sites for hydroxylation is 1. The molecule has 1 amide bonds. The minimum atomic E-state index is -0.333. The van der Waals surface area contributed by atoms with E-state index in [2.05, 4.69) is 20.8 Å². The highest BCUT2D eigenvalue weighted by Gasteiger charge is 2.21. The minimum Gasteiger partial charge on any atom is -0.339 e. The number of anilines is 1. The lowest BCUT2D eigenvalue weighted by atomic mass is 9.96. The van der Waals surface area contributed by atoms with E-state index in [1.54, 1.807) is 6.07 Å². The molecule has 2 aromatic rings. The lowest BCUT2D eigenvalue weighted by Gasteiger charge is -2.19. The van der Waals surface area contributed by atoms with Crippen molar-refractivity contribution in [2.24, 2.45) is 0 Å². The van der Waals surface area contributed by atoms with Gasteiger partial charge in [0.15, 0.2) is 5.82 Å². The molecule has 1 aliphatic heterocycles. The molecule has 0 atom stereocenters. The summed E-state index contributed by atoms with van der Waals surface area (Å²) in [5.41, 5.74) is 1.66. The van der Waals surface area contributed by atoms with E-state index < -0.39 is 0 Å². The van der Waals surface area contributed by atoms with Crippen LogP contribution in [0.5, 0.6) is 0 Å².